The van der Waals surface area contributed by atoms with Crippen molar-refractivity contribution in [3.8, 4) is 0 Å². The minimum Gasteiger partial charge on any atom is -0.467 e. The fraction of sp³-hybridized carbons (Fsp3) is 0.448. The van der Waals surface area contributed by atoms with Crippen LogP contribution in [0.2, 0.25) is 0 Å². The van der Waals surface area contributed by atoms with Gasteiger partial charge in [-0.2, -0.15) is 0 Å². The minimum atomic E-state index is -0.519. The van der Waals surface area contributed by atoms with E-state index in [4.69, 9.17) is 14.7 Å². The zero-order chi connectivity index (χ0) is 27.2. The number of urea groups is 1. The summed E-state index contributed by atoms with van der Waals surface area (Å²) in [4.78, 5) is 38.8. The lowest BCUT2D eigenvalue weighted by atomic mass is 10.0. The van der Waals surface area contributed by atoms with Crippen molar-refractivity contribution in [1.29, 1.82) is 0 Å². The summed E-state index contributed by atoms with van der Waals surface area (Å²) in [5.74, 6) is 1.44. The van der Waals surface area contributed by atoms with Crippen molar-refractivity contribution < 1.29 is 14.3 Å². The molecule has 4 rings (SSSR count). The molecule has 0 aliphatic carbocycles. The van der Waals surface area contributed by atoms with E-state index in [0.717, 1.165) is 29.7 Å². The highest BCUT2D eigenvalue weighted by Gasteiger charge is 2.26. The van der Waals surface area contributed by atoms with Crippen LogP contribution in [0.5, 0.6) is 0 Å². The fourth-order valence-corrected chi connectivity index (χ4v) is 4.54. The topological polar surface area (TPSA) is 99.7 Å². The summed E-state index contributed by atoms with van der Waals surface area (Å²) >= 11 is 0. The summed E-state index contributed by atoms with van der Waals surface area (Å²) in [6, 6.07) is 15.2. The highest BCUT2D eigenvalue weighted by atomic mass is 16.5. The van der Waals surface area contributed by atoms with E-state index in [1.807, 2.05) is 55.1 Å². The number of esters is 1. The maximum atomic E-state index is 12.8. The number of anilines is 2. The van der Waals surface area contributed by atoms with Gasteiger partial charge in [0.2, 0.25) is 0 Å². The molecule has 2 amide bonds. The van der Waals surface area contributed by atoms with Crippen molar-refractivity contribution in [1.82, 2.24) is 19.8 Å². The van der Waals surface area contributed by atoms with Crippen molar-refractivity contribution in [3.05, 3.63) is 59.9 Å². The monoisotopic (exact) mass is 518 g/mol. The molecule has 0 unspecified atom stereocenters. The summed E-state index contributed by atoms with van der Waals surface area (Å²) in [7, 11) is 1.39. The van der Waals surface area contributed by atoms with Crippen LogP contribution in [0.25, 0.3) is 10.9 Å². The van der Waals surface area contributed by atoms with Gasteiger partial charge in [-0.3, -0.25) is 4.90 Å². The summed E-state index contributed by atoms with van der Waals surface area (Å²) < 4.78 is 5.00. The number of aromatic nitrogens is 2. The Labute approximate surface area is 224 Å². The summed E-state index contributed by atoms with van der Waals surface area (Å²) in [5, 5.41) is 7.16. The third-order valence-electron chi connectivity index (χ3n) is 6.92. The molecule has 1 aliphatic heterocycles. The van der Waals surface area contributed by atoms with Gasteiger partial charge in [-0.1, -0.05) is 52.0 Å². The van der Waals surface area contributed by atoms with Crippen molar-refractivity contribution in [2.24, 2.45) is 5.92 Å². The van der Waals surface area contributed by atoms with Crippen LogP contribution in [-0.4, -0.2) is 71.1 Å². The number of amides is 2. The molecule has 0 saturated carbocycles. The molecule has 3 aromatic rings. The molecular formula is C29H38N6O3. The summed E-state index contributed by atoms with van der Waals surface area (Å²) in [5.41, 5.74) is 2.86. The smallest absolute Gasteiger partial charge is 0.328 e. The van der Waals surface area contributed by atoms with E-state index in [1.54, 1.807) is 0 Å². The van der Waals surface area contributed by atoms with Crippen molar-refractivity contribution in [3.63, 3.8) is 0 Å². The van der Waals surface area contributed by atoms with E-state index in [9.17, 15) is 9.59 Å². The standard InChI is InChI=1S/C29H38N6O3/c1-19(2)21-10-12-22(13-11-21)30-29(37)35-16-14-34(15-17-35)18-25-31-24-9-7-6-8-23(24)27(32-25)33-26(20(3)4)28(36)38-5/h6-13,19-20,26H,14-18H2,1-5H3,(H,30,37)(H,31,32,33)/t26-/m0/s1. The second-order valence-corrected chi connectivity index (χ2v) is 10.4. The van der Waals surface area contributed by atoms with E-state index in [2.05, 4.69) is 41.5 Å². The van der Waals surface area contributed by atoms with Gasteiger partial charge in [-0.05, 0) is 41.7 Å². The number of benzene rings is 2. The number of para-hydroxylation sites is 1. The van der Waals surface area contributed by atoms with Gasteiger partial charge in [-0.25, -0.2) is 19.6 Å². The van der Waals surface area contributed by atoms with Gasteiger partial charge in [0, 0.05) is 37.3 Å². The first-order chi connectivity index (χ1) is 18.2. The molecule has 1 atom stereocenters. The molecule has 1 aliphatic rings. The van der Waals surface area contributed by atoms with Gasteiger partial charge >= 0.3 is 12.0 Å². The van der Waals surface area contributed by atoms with Gasteiger partial charge in [0.1, 0.15) is 17.7 Å². The van der Waals surface area contributed by atoms with Crippen molar-refractivity contribution in [2.75, 3.05) is 43.9 Å². The molecule has 38 heavy (non-hydrogen) atoms. The van der Waals surface area contributed by atoms with Gasteiger partial charge in [0.25, 0.3) is 0 Å². The van der Waals surface area contributed by atoms with Crippen molar-refractivity contribution in [2.45, 2.75) is 46.2 Å². The van der Waals surface area contributed by atoms with E-state index < -0.39 is 6.04 Å². The van der Waals surface area contributed by atoms with Crippen LogP contribution < -0.4 is 10.6 Å². The Morgan fingerprint density at radius 2 is 1.63 bits per heavy atom. The molecule has 0 radical (unpaired) electrons. The predicted molar refractivity (Wildman–Crippen MR) is 150 cm³/mol. The second kappa shape index (κ2) is 12.2. The molecule has 2 heterocycles. The predicted octanol–water partition coefficient (Wildman–Crippen LogP) is 4.71. The highest BCUT2D eigenvalue weighted by molar-refractivity contribution is 5.91. The quantitative estimate of drug-likeness (QED) is 0.417. The number of methoxy groups -OCH3 is 1. The molecule has 2 N–H and O–H groups in total. The van der Waals surface area contributed by atoms with Crippen molar-refractivity contribution >= 4 is 34.4 Å². The normalized spacial score (nSPS) is 15.1. The van der Waals surface area contributed by atoms with Gasteiger partial charge in [0.15, 0.2) is 0 Å². The number of piperazine rings is 1. The third kappa shape index (κ3) is 6.58. The Balaban J connectivity index is 1.40. The van der Waals surface area contributed by atoms with Crippen LogP contribution in [0.1, 0.15) is 45.0 Å². The van der Waals surface area contributed by atoms with Crippen LogP contribution in [-0.2, 0) is 16.1 Å². The molecule has 1 aromatic heterocycles. The SMILES string of the molecule is COC(=O)[C@@H](Nc1nc(CN2CCN(C(=O)Nc3ccc(C(C)C)cc3)CC2)nc2ccccc12)C(C)C. The lowest BCUT2D eigenvalue weighted by Crippen LogP contribution is -2.49. The number of carbonyl (C=O) groups excluding carboxylic acids is 2. The maximum absolute atomic E-state index is 12.8. The number of ether oxygens (including phenoxy) is 1. The average molecular weight is 519 g/mol. The lowest BCUT2D eigenvalue weighted by Gasteiger charge is -2.34. The number of rotatable bonds is 8. The lowest BCUT2D eigenvalue weighted by molar-refractivity contribution is -0.142. The van der Waals surface area contributed by atoms with E-state index in [1.165, 1.54) is 12.7 Å². The first kappa shape index (κ1) is 27.3. The third-order valence-corrected chi connectivity index (χ3v) is 6.92. The molecular weight excluding hydrogens is 480 g/mol. The Morgan fingerprint density at radius 3 is 2.26 bits per heavy atom. The van der Waals surface area contributed by atoms with Crippen LogP contribution in [0, 0.1) is 5.92 Å². The number of fused-ring (bicyclic) bond motifs is 1. The number of hydrogen-bond acceptors (Lipinski definition) is 7. The average Bonchev–Trinajstić information content (AvgIpc) is 2.91. The molecule has 2 aromatic carbocycles. The summed E-state index contributed by atoms with van der Waals surface area (Å²) in [6.07, 6.45) is 0. The molecule has 0 bridgehead atoms. The Morgan fingerprint density at radius 1 is 0.947 bits per heavy atom. The van der Waals surface area contributed by atoms with Gasteiger partial charge < -0.3 is 20.3 Å². The Hall–Kier alpha value is -3.72. The number of nitrogens with one attached hydrogen (secondary N) is 2. The molecule has 202 valence electrons. The highest BCUT2D eigenvalue weighted by Crippen LogP contribution is 2.23. The maximum Gasteiger partial charge on any atom is 0.328 e. The van der Waals surface area contributed by atoms with E-state index in [-0.39, 0.29) is 17.9 Å². The second-order valence-electron chi connectivity index (χ2n) is 10.4. The molecule has 9 nitrogen and oxygen atoms in total. The Bertz CT molecular complexity index is 1250. The van der Waals surface area contributed by atoms with Gasteiger partial charge in [-0.15, -0.1) is 0 Å². The molecule has 9 heteroatoms. The van der Waals surface area contributed by atoms with Crippen LogP contribution in [0.15, 0.2) is 48.5 Å². The zero-order valence-corrected chi connectivity index (χ0v) is 22.9. The Kier molecular flexibility index (Phi) is 8.78. The van der Waals surface area contributed by atoms with E-state index in [0.29, 0.717) is 37.2 Å². The molecule has 0 spiro atoms. The van der Waals surface area contributed by atoms with Crippen LogP contribution in [0.4, 0.5) is 16.3 Å². The molecule has 1 fully saturated rings. The number of nitrogens with zero attached hydrogens (tertiary/aromatic N) is 4. The molecule has 1 saturated heterocycles. The largest absolute Gasteiger partial charge is 0.467 e. The number of hydrogen-bond donors (Lipinski definition) is 2. The fourth-order valence-electron chi connectivity index (χ4n) is 4.54. The van der Waals surface area contributed by atoms with Gasteiger partial charge in [0.05, 0.1) is 19.2 Å². The minimum absolute atomic E-state index is 0.0204. The van der Waals surface area contributed by atoms with Crippen LogP contribution in [0.3, 0.4) is 0 Å². The first-order valence-corrected chi connectivity index (χ1v) is 13.2. The number of carbonyl (C=O) groups is 2. The zero-order valence-electron chi connectivity index (χ0n) is 22.9. The van der Waals surface area contributed by atoms with E-state index >= 15 is 0 Å². The first-order valence-electron chi connectivity index (χ1n) is 13.2. The summed E-state index contributed by atoms with van der Waals surface area (Å²) in [6.45, 7) is 11.5. The van der Waals surface area contributed by atoms with Crippen LogP contribution >= 0.6 is 0 Å².